The van der Waals surface area contributed by atoms with Crippen molar-refractivity contribution in [3.63, 3.8) is 0 Å². The van der Waals surface area contributed by atoms with Crippen LogP contribution in [0.1, 0.15) is 48.5 Å². The number of nitrogens with one attached hydrogen (secondary N) is 1. The molecule has 1 saturated carbocycles. The molecule has 3 N–H and O–H groups in total. The van der Waals surface area contributed by atoms with Crippen LogP contribution < -0.4 is 10.5 Å². The Bertz CT molecular complexity index is 628. The number of sulfonamides is 1. The highest BCUT2D eigenvalue weighted by molar-refractivity contribution is 7.89. The average molecular weight is 296 g/mol. The molecule has 1 aliphatic rings. The summed E-state index contributed by atoms with van der Waals surface area (Å²) in [6.45, 7) is 3.79. The molecule has 1 aliphatic carbocycles. The molecule has 0 spiro atoms. The standard InChI is InChI=1S/C14H20N2O3S/c1-3-14(5-4-6-14)16-13(17)11-7-10(2)8-12(9-11)20(15,18)19/h7-9H,3-6H2,1-2H3,(H,16,17)(H2,15,18,19). The highest BCUT2D eigenvalue weighted by Gasteiger charge is 2.36. The number of nitrogens with two attached hydrogens (primary N) is 1. The zero-order valence-corrected chi connectivity index (χ0v) is 12.6. The van der Waals surface area contributed by atoms with Crippen LogP contribution >= 0.6 is 0 Å². The number of benzene rings is 1. The molecule has 0 heterocycles. The number of amides is 1. The van der Waals surface area contributed by atoms with E-state index in [4.69, 9.17) is 5.14 Å². The molecule has 5 nitrogen and oxygen atoms in total. The largest absolute Gasteiger partial charge is 0.347 e. The molecule has 110 valence electrons. The van der Waals surface area contributed by atoms with Crippen molar-refractivity contribution in [3.8, 4) is 0 Å². The van der Waals surface area contributed by atoms with E-state index in [-0.39, 0.29) is 16.3 Å². The first-order chi connectivity index (χ1) is 9.26. The van der Waals surface area contributed by atoms with Gasteiger partial charge in [0.15, 0.2) is 0 Å². The minimum absolute atomic E-state index is 0.0261. The predicted octanol–water partition coefficient (Wildman–Crippen LogP) is 1.70. The average Bonchev–Trinajstić information content (AvgIpc) is 2.31. The van der Waals surface area contributed by atoms with Crippen LogP contribution in [0.25, 0.3) is 0 Å². The van der Waals surface area contributed by atoms with Crippen LogP contribution in [0.4, 0.5) is 0 Å². The zero-order chi connectivity index (χ0) is 15.0. The van der Waals surface area contributed by atoms with Crippen molar-refractivity contribution in [2.45, 2.75) is 50.0 Å². The first-order valence-corrected chi connectivity index (χ1v) is 8.27. The lowest BCUT2D eigenvalue weighted by molar-refractivity contribution is 0.0820. The molecule has 0 aromatic heterocycles. The molecule has 0 radical (unpaired) electrons. The maximum Gasteiger partial charge on any atom is 0.251 e. The zero-order valence-electron chi connectivity index (χ0n) is 11.8. The second kappa shape index (κ2) is 5.18. The molecule has 0 saturated heterocycles. The molecule has 1 fully saturated rings. The summed E-state index contributed by atoms with van der Waals surface area (Å²) in [7, 11) is -3.80. The van der Waals surface area contributed by atoms with Gasteiger partial charge >= 0.3 is 0 Å². The molecule has 1 amide bonds. The van der Waals surface area contributed by atoms with Gasteiger partial charge in [-0.25, -0.2) is 13.6 Å². The van der Waals surface area contributed by atoms with Crippen molar-refractivity contribution < 1.29 is 13.2 Å². The van der Waals surface area contributed by atoms with Gasteiger partial charge in [0, 0.05) is 11.1 Å². The van der Waals surface area contributed by atoms with E-state index in [1.54, 1.807) is 13.0 Å². The smallest absolute Gasteiger partial charge is 0.251 e. The van der Waals surface area contributed by atoms with Crippen LogP contribution in [0, 0.1) is 6.92 Å². The molecular weight excluding hydrogens is 276 g/mol. The molecule has 1 aromatic carbocycles. The third kappa shape index (κ3) is 3.02. The lowest BCUT2D eigenvalue weighted by Crippen LogP contribution is -2.53. The second-order valence-corrected chi connectivity index (χ2v) is 7.08. The topological polar surface area (TPSA) is 89.3 Å². The van der Waals surface area contributed by atoms with Crippen molar-refractivity contribution in [3.05, 3.63) is 29.3 Å². The van der Waals surface area contributed by atoms with Crippen LogP contribution in [0.5, 0.6) is 0 Å². The first-order valence-electron chi connectivity index (χ1n) is 6.73. The number of aryl methyl sites for hydroxylation is 1. The number of rotatable bonds is 4. The second-order valence-electron chi connectivity index (χ2n) is 5.52. The molecule has 2 rings (SSSR count). The van der Waals surface area contributed by atoms with Crippen molar-refractivity contribution >= 4 is 15.9 Å². The Kier molecular flexibility index (Phi) is 3.88. The van der Waals surface area contributed by atoms with E-state index in [2.05, 4.69) is 5.32 Å². The highest BCUT2D eigenvalue weighted by atomic mass is 32.2. The predicted molar refractivity (Wildman–Crippen MR) is 76.9 cm³/mol. The van der Waals surface area contributed by atoms with Crippen molar-refractivity contribution in [1.29, 1.82) is 0 Å². The van der Waals surface area contributed by atoms with Crippen LogP contribution in [0.15, 0.2) is 23.1 Å². The fourth-order valence-electron chi connectivity index (χ4n) is 2.53. The van der Waals surface area contributed by atoms with E-state index in [9.17, 15) is 13.2 Å². The normalized spacial score (nSPS) is 17.4. The SMILES string of the molecule is CCC1(NC(=O)c2cc(C)cc(S(N)(=O)=O)c2)CCC1. The summed E-state index contributed by atoms with van der Waals surface area (Å²) < 4.78 is 22.8. The van der Waals surface area contributed by atoms with E-state index in [0.717, 1.165) is 25.7 Å². The monoisotopic (exact) mass is 296 g/mol. The lowest BCUT2D eigenvalue weighted by atomic mass is 9.74. The van der Waals surface area contributed by atoms with E-state index in [0.29, 0.717) is 11.1 Å². The molecule has 20 heavy (non-hydrogen) atoms. The van der Waals surface area contributed by atoms with Gasteiger partial charge in [0.05, 0.1) is 4.90 Å². The van der Waals surface area contributed by atoms with Crippen LogP contribution in [0.3, 0.4) is 0 Å². The molecule has 0 unspecified atom stereocenters. The Labute approximate surface area is 119 Å². The summed E-state index contributed by atoms with van der Waals surface area (Å²) in [4.78, 5) is 12.3. The molecule has 1 aromatic rings. The quantitative estimate of drug-likeness (QED) is 0.886. The van der Waals surface area contributed by atoms with Crippen molar-refractivity contribution in [2.75, 3.05) is 0 Å². The highest BCUT2D eigenvalue weighted by Crippen LogP contribution is 2.34. The summed E-state index contributed by atoms with van der Waals surface area (Å²) >= 11 is 0. The van der Waals surface area contributed by atoms with Gasteiger partial charge in [-0.05, 0) is 56.4 Å². The Morgan fingerprint density at radius 2 is 2.00 bits per heavy atom. The molecule has 0 bridgehead atoms. The van der Waals surface area contributed by atoms with Gasteiger partial charge in [0.25, 0.3) is 5.91 Å². The number of hydrogen-bond acceptors (Lipinski definition) is 3. The van der Waals surface area contributed by atoms with E-state index in [1.165, 1.54) is 12.1 Å². The Hall–Kier alpha value is -1.40. The summed E-state index contributed by atoms with van der Waals surface area (Å²) in [5, 5.41) is 8.15. The third-order valence-corrected chi connectivity index (χ3v) is 4.90. The van der Waals surface area contributed by atoms with Crippen LogP contribution in [0.2, 0.25) is 0 Å². The molecular formula is C14H20N2O3S. The molecule has 6 heteroatoms. The van der Waals surface area contributed by atoms with E-state index >= 15 is 0 Å². The summed E-state index contributed by atoms with van der Waals surface area (Å²) in [5.41, 5.74) is 0.914. The maximum atomic E-state index is 12.3. The molecule has 0 aliphatic heterocycles. The van der Waals surface area contributed by atoms with Gasteiger partial charge in [-0.1, -0.05) is 6.92 Å². The van der Waals surface area contributed by atoms with Crippen LogP contribution in [-0.2, 0) is 10.0 Å². The first kappa shape index (κ1) is 15.0. The Morgan fingerprint density at radius 1 is 1.35 bits per heavy atom. The van der Waals surface area contributed by atoms with Gasteiger partial charge in [0.1, 0.15) is 0 Å². The van der Waals surface area contributed by atoms with Crippen LogP contribution in [-0.4, -0.2) is 19.9 Å². The van der Waals surface area contributed by atoms with Gasteiger partial charge < -0.3 is 5.32 Å². The molecule has 0 atom stereocenters. The number of carbonyl (C=O) groups is 1. The van der Waals surface area contributed by atoms with Gasteiger partial charge in [-0.2, -0.15) is 0 Å². The Balaban J connectivity index is 2.28. The van der Waals surface area contributed by atoms with Gasteiger partial charge in [-0.15, -0.1) is 0 Å². The number of hydrogen-bond donors (Lipinski definition) is 2. The minimum atomic E-state index is -3.80. The summed E-state index contributed by atoms with van der Waals surface area (Å²) in [6.07, 6.45) is 3.95. The fraction of sp³-hybridized carbons (Fsp3) is 0.500. The number of primary sulfonamides is 1. The van der Waals surface area contributed by atoms with E-state index < -0.39 is 10.0 Å². The van der Waals surface area contributed by atoms with E-state index in [1.807, 2.05) is 6.92 Å². The Morgan fingerprint density at radius 3 is 2.45 bits per heavy atom. The third-order valence-electron chi connectivity index (χ3n) is 4.01. The van der Waals surface area contributed by atoms with Crippen molar-refractivity contribution in [2.24, 2.45) is 5.14 Å². The summed E-state index contributed by atoms with van der Waals surface area (Å²) in [5.74, 6) is -0.236. The van der Waals surface area contributed by atoms with Gasteiger partial charge in [0.2, 0.25) is 10.0 Å². The van der Waals surface area contributed by atoms with Gasteiger partial charge in [-0.3, -0.25) is 4.79 Å². The minimum Gasteiger partial charge on any atom is -0.347 e. The fourth-order valence-corrected chi connectivity index (χ4v) is 3.17. The lowest BCUT2D eigenvalue weighted by Gasteiger charge is -2.42. The maximum absolute atomic E-state index is 12.3. The summed E-state index contributed by atoms with van der Waals surface area (Å²) in [6, 6.07) is 4.47. The van der Waals surface area contributed by atoms with Crippen molar-refractivity contribution in [1.82, 2.24) is 5.32 Å². The number of carbonyl (C=O) groups excluding carboxylic acids is 1.